The first-order chi connectivity index (χ1) is 20.6. The first-order valence-electron chi connectivity index (χ1n) is 13.6. The zero-order valence-electron chi connectivity index (χ0n) is 23.1. The molecular formula is C32H29FN6O2S. The van der Waals surface area contributed by atoms with Gasteiger partial charge in [0.25, 0.3) is 5.91 Å². The number of benzene rings is 3. The molecule has 0 spiro atoms. The minimum atomic E-state index is -0.235. The molecule has 0 atom stereocenters. The molecule has 2 aromatic heterocycles. The van der Waals surface area contributed by atoms with Crippen molar-refractivity contribution in [1.29, 1.82) is 0 Å². The van der Waals surface area contributed by atoms with Crippen molar-refractivity contribution >= 4 is 23.4 Å². The topological polar surface area (TPSA) is 76.4 Å². The van der Waals surface area contributed by atoms with Gasteiger partial charge in [0.1, 0.15) is 11.6 Å². The van der Waals surface area contributed by atoms with Gasteiger partial charge in [0.15, 0.2) is 11.0 Å². The number of aromatic nitrogens is 4. The van der Waals surface area contributed by atoms with Crippen LogP contribution < -0.4 is 9.64 Å². The molecule has 1 fully saturated rings. The van der Waals surface area contributed by atoms with E-state index in [4.69, 9.17) is 4.74 Å². The lowest BCUT2D eigenvalue weighted by Crippen LogP contribution is -2.49. The number of methoxy groups -OCH3 is 1. The van der Waals surface area contributed by atoms with Crippen LogP contribution in [0.15, 0.2) is 102 Å². The Labute approximate surface area is 247 Å². The van der Waals surface area contributed by atoms with E-state index in [1.165, 1.54) is 6.07 Å². The normalized spacial score (nSPS) is 13.3. The van der Waals surface area contributed by atoms with Crippen LogP contribution in [0.5, 0.6) is 5.75 Å². The highest BCUT2D eigenvalue weighted by atomic mass is 32.2. The van der Waals surface area contributed by atoms with Gasteiger partial charge < -0.3 is 14.5 Å². The zero-order valence-corrected chi connectivity index (χ0v) is 23.9. The Bertz CT molecular complexity index is 1650. The fourth-order valence-corrected chi connectivity index (χ4v) is 5.86. The second-order valence-electron chi connectivity index (χ2n) is 9.79. The van der Waals surface area contributed by atoms with Crippen LogP contribution in [0.25, 0.3) is 17.1 Å². The van der Waals surface area contributed by atoms with E-state index < -0.39 is 0 Å². The van der Waals surface area contributed by atoms with E-state index in [1.807, 2.05) is 81.1 Å². The lowest BCUT2D eigenvalue weighted by molar-refractivity contribution is 0.0746. The number of carbonyl (C=O) groups excluding carboxylic acids is 1. The number of ether oxygens (including phenoxy) is 1. The fourth-order valence-electron chi connectivity index (χ4n) is 4.95. The Balaban J connectivity index is 1.13. The van der Waals surface area contributed by atoms with Gasteiger partial charge in [0, 0.05) is 61.1 Å². The maximum atomic E-state index is 14.2. The molecule has 3 heterocycles. The molecule has 0 bridgehead atoms. The van der Waals surface area contributed by atoms with Crippen LogP contribution >= 0.6 is 11.8 Å². The van der Waals surface area contributed by atoms with Crippen molar-refractivity contribution in [1.82, 2.24) is 24.6 Å². The average molecular weight is 581 g/mol. The van der Waals surface area contributed by atoms with Crippen LogP contribution in [0, 0.1) is 5.82 Å². The van der Waals surface area contributed by atoms with Crippen molar-refractivity contribution < 1.29 is 13.9 Å². The smallest absolute Gasteiger partial charge is 0.253 e. The molecule has 8 nitrogen and oxygen atoms in total. The highest BCUT2D eigenvalue weighted by Gasteiger charge is 2.24. The van der Waals surface area contributed by atoms with E-state index in [0.29, 0.717) is 43.2 Å². The van der Waals surface area contributed by atoms with E-state index in [-0.39, 0.29) is 11.7 Å². The molecule has 0 unspecified atom stereocenters. The summed E-state index contributed by atoms with van der Waals surface area (Å²) in [6.45, 7) is 2.28. The predicted molar refractivity (Wildman–Crippen MR) is 162 cm³/mol. The monoisotopic (exact) mass is 580 g/mol. The first kappa shape index (κ1) is 27.5. The maximum absolute atomic E-state index is 14.2. The van der Waals surface area contributed by atoms with Gasteiger partial charge in [-0.25, -0.2) is 4.39 Å². The van der Waals surface area contributed by atoms with Gasteiger partial charge in [-0.2, -0.15) is 0 Å². The van der Waals surface area contributed by atoms with E-state index in [9.17, 15) is 9.18 Å². The molecule has 10 heteroatoms. The van der Waals surface area contributed by atoms with E-state index in [2.05, 4.69) is 15.2 Å². The molecule has 6 rings (SSSR count). The average Bonchev–Trinajstić information content (AvgIpc) is 3.48. The van der Waals surface area contributed by atoms with E-state index in [0.717, 1.165) is 33.5 Å². The van der Waals surface area contributed by atoms with Crippen LogP contribution in [0.1, 0.15) is 15.9 Å². The van der Waals surface area contributed by atoms with Crippen LogP contribution in [0.2, 0.25) is 0 Å². The molecule has 3 aromatic carbocycles. The van der Waals surface area contributed by atoms with Crippen molar-refractivity contribution in [3.8, 4) is 22.8 Å². The standard InChI is InChI=1S/C32H29FN6O2S/c1-41-27-12-10-26(11-13-27)39-30(24-14-16-34-17-15-24)35-36-32(39)42-22-23-6-8-25(9-7-23)31(40)38-20-18-37(19-21-38)29-5-3-2-4-28(29)33/h2-17H,18-22H2,1H3. The van der Waals surface area contributed by atoms with Crippen molar-refractivity contribution in [2.45, 2.75) is 10.9 Å². The summed E-state index contributed by atoms with van der Waals surface area (Å²) in [6, 6.07) is 26.1. The van der Waals surface area contributed by atoms with E-state index >= 15 is 0 Å². The minimum absolute atomic E-state index is 0.0105. The number of rotatable bonds is 8. The fraction of sp³-hybridized carbons (Fsp3) is 0.188. The third-order valence-corrected chi connectivity index (χ3v) is 8.23. The molecule has 1 aliphatic heterocycles. The number of piperazine rings is 1. The molecule has 0 saturated carbocycles. The summed E-state index contributed by atoms with van der Waals surface area (Å²) < 4.78 is 21.5. The molecule has 0 aliphatic carbocycles. The maximum Gasteiger partial charge on any atom is 0.253 e. The SMILES string of the molecule is COc1ccc(-n2c(SCc3ccc(C(=O)N4CCN(c5ccccc5F)CC4)cc3)nnc2-c2ccncc2)cc1. The number of carbonyl (C=O) groups is 1. The molecular weight excluding hydrogens is 551 g/mol. The van der Waals surface area contributed by atoms with Crippen molar-refractivity contribution in [3.05, 3.63) is 114 Å². The Morgan fingerprint density at radius 1 is 0.881 bits per heavy atom. The number of anilines is 1. The minimum Gasteiger partial charge on any atom is -0.497 e. The van der Waals surface area contributed by atoms with Crippen molar-refractivity contribution in [2.24, 2.45) is 0 Å². The highest BCUT2D eigenvalue weighted by molar-refractivity contribution is 7.98. The predicted octanol–water partition coefficient (Wildman–Crippen LogP) is 5.73. The molecule has 1 saturated heterocycles. The summed E-state index contributed by atoms with van der Waals surface area (Å²) in [5.41, 5.74) is 4.13. The number of halogens is 1. The third kappa shape index (κ3) is 5.84. The number of amides is 1. The Hall–Kier alpha value is -4.70. The molecule has 1 amide bonds. The van der Waals surface area contributed by atoms with Gasteiger partial charge in [-0.15, -0.1) is 10.2 Å². The molecule has 1 aliphatic rings. The molecule has 0 N–H and O–H groups in total. The second kappa shape index (κ2) is 12.4. The van der Waals surface area contributed by atoms with Gasteiger partial charge in [-0.3, -0.25) is 14.3 Å². The van der Waals surface area contributed by atoms with E-state index in [1.54, 1.807) is 43.4 Å². The lowest BCUT2D eigenvalue weighted by atomic mass is 10.1. The quantitative estimate of drug-likeness (QED) is 0.217. The van der Waals surface area contributed by atoms with Gasteiger partial charge in [-0.1, -0.05) is 36.0 Å². The van der Waals surface area contributed by atoms with Gasteiger partial charge in [-0.05, 0) is 66.2 Å². The van der Waals surface area contributed by atoms with Gasteiger partial charge in [0.05, 0.1) is 12.8 Å². The summed E-state index contributed by atoms with van der Waals surface area (Å²) >= 11 is 1.57. The number of hydrogen-bond donors (Lipinski definition) is 0. The summed E-state index contributed by atoms with van der Waals surface area (Å²) in [7, 11) is 1.64. The molecule has 0 radical (unpaired) electrons. The molecule has 42 heavy (non-hydrogen) atoms. The zero-order chi connectivity index (χ0) is 28.9. The van der Waals surface area contributed by atoms with Crippen molar-refractivity contribution in [3.63, 3.8) is 0 Å². The van der Waals surface area contributed by atoms with Gasteiger partial charge in [0.2, 0.25) is 0 Å². The third-order valence-electron chi connectivity index (χ3n) is 7.23. The summed E-state index contributed by atoms with van der Waals surface area (Å²) in [5, 5.41) is 9.75. The van der Waals surface area contributed by atoms with Crippen molar-refractivity contribution in [2.75, 3.05) is 38.2 Å². The number of hydrogen-bond acceptors (Lipinski definition) is 7. The van der Waals surface area contributed by atoms with Crippen LogP contribution in [0.3, 0.4) is 0 Å². The Kier molecular flexibility index (Phi) is 8.14. The first-order valence-corrected chi connectivity index (χ1v) is 14.6. The summed E-state index contributed by atoms with van der Waals surface area (Å²) in [6.07, 6.45) is 3.47. The summed E-state index contributed by atoms with van der Waals surface area (Å²) in [5.74, 6) is 1.90. The summed E-state index contributed by atoms with van der Waals surface area (Å²) in [4.78, 5) is 21.1. The number of thioether (sulfide) groups is 1. The molecule has 5 aromatic rings. The number of pyridine rings is 1. The second-order valence-corrected chi connectivity index (χ2v) is 10.7. The largest absolute Gasteiger partial charge is 0.497 e. The number of para-hydroxylation sites is 1. The van der Waals surface area contributed by atoms with Crippen LogP contribution in [-0.2, 0) is 5.75 Å². The van der Waals surface area contributed by atoms with Crippen LogP contribution in [-0.4, -0.2) is 63.8 Å². The molecule has 212 valence electrons. The number of nitrogens with zero attached hydrogens (tertiary/aromatic N) is 6. The Morgan fingerprint density at radius 2 is 1.60 bits per heavy atom. The Morgan fingerprint density at radius 3 is 2.29 bits per heavy atom. The lowest BCUT2D eigenvalue weighted by Gasteiger charge is -2.36. The van der Waals surface area contributed by atoms with Crippen LogP contribution in [0.4, 0.5) is 10.1 Å². The van der Waals surface area contributed by atoms with Gasteiger partial charge >= 0.3 is 0 Å². The highest BCUT2D eigenvalue weighted by Crippen LogP contribution is 2.30.